The molecule has 0 aromatic rings. The molecule has 0 unspecified atom stereocenters. The number of aldehydes is 1. The molecule has 102 valence electrons. The van der Waals surface area contributed by atoms with Crippen molar-refractivity contribution in [3.63, 3.8) is 0 Å². The summed E-state index contributed by atoms with van der Waals surface area (Å²) in [5.41, 5.74) is 0.771. The third-order valence-electron chi connectivity index (χ3n) is 3.32. The van der Waals surface area contributed by atoms with Crippen LogP contribution in [0, 0.1) is 0 Å². The van der Waals surface area contributed by atoms with Crippen LogP contribution in [-0.2, 0) is 14.3 Å². The Kier molecular flexibility index (Phi) is 6.05. The molecule has 1 aliphatic rings. The van der Waals surface area contributed by atoms with Crippen LogP contribution in [0.2, 0.25) is 0 Å². The summed E-state index contributed by atoms with van der Waals surface area (Å²) in [5.74, 6) is -0.0545. The Morgan fingerprint density at radius 3 is 2.72 bits per heavy atom. The molecule has 0 aromatic carbocycles. The Morgan fingerprint density at radius 2 is 2.22 bits per heavy atom. The summed E-state index contributed by atoms with van der Waals surface area (Å²) in [7, 11) is 0. The zero-order valence-electron chi connectivity index (χ0n) is 11.4. The van der Waals surface area contributed by atoms with E-state index >= 15 is 0 Å². The lowest BCUT2D eigenvalue weighted by Crippen LogP contribution is -2.46. The minimum absolute atomic E-state index is 0.0215. The van der Waals surface area contributed by atoms with E-state index in [0.29, 0.717) is 6.42 Å². The summed E-state index contributed by atoms with van der Waals surface area (Å²) in [4.78, 5) is 22.0. The maximum absolute atomic E-state index is 11.2. The molecule has 0 bridgehead atoms. The van der Waals surface area contributed by atoms with Gasteiger partial charge < -0.3 is 10.1 Å². The van der Waals surface area contributed by atoms with Crippen molar-refractivity contribution in [2.75, 3.05) is 0 Å². The number of rotatable bonds is 6. The van der Waals surface area contributed by atoms with Crippen molar-refractivity contribution in [2.24, 2.45) is 0 Å². The first-order valence-electron chi connectivity index (χ1n) is 6.69. The molecule has 0 radical (unpaired) electrons. The average molecular weight is 253 g/mol. The highest BCUT2D eigenvalue weighted by Crippen LogP contribution is 2.22. The molecule has 0 saturated carbocycles. The second-order valence-electron chi connectivity index (χ2n) is 4.74. The van der Waals surface area contributed by atoms with Gasteiger partial charge >= 0.3 is 0 Å². The second-order valence-corrected chi connectivity index (χ2v) is 4.74. The minimum Gasteiger partial charge on any atom is -0.369 e. The highest BCUT2D eigenvalue weighted by Gasteiger charge is 2.27. The fraction of sp³-hybridized carbons (Fsp3) is 0.714. The van der Waals surface area contributed by atoms with Gasteiger partial charge in [0, 0.05) is 6.92 Å². The smallest absolute Gasteiger partial charge is 0.217 e. The van der Waals surface area contributed by atoms with Gasteiger partial charge in [-0.3, -0.25) is 9.59 Å². The van der Waals surface area contributed by atoms with Gasteiger partial charge in [-0.25, -0.2) is 0 Å². The standard InChI is InChI=1S/C14H23NO3/c1-4-12(5-2)18-14-8-11(9-16)6-7-13(14)15-10(3)17/h8-9,12-14H,4-7H2,1-3H3,(H,15,17)/t13-,14-/m1/s1. The lowest BCUT2D eigenvalue weighted by atomic mass is 9.93. The molecule has 1 amide bonds. The Hall–Kier alpha value is -1.16. The van der Waals surface area contributed by atoms with Gasteiger partial charge in [-0.15, -0.1) is 0 Å². The fourth-order valence-corrected chi connectivity index (χ4v) is 2.25. The zero-order chi connectivity index (χ0) is 13.5. The molecule has 4 nitrogen and oxygen atoms in total. The third kappa shape index (κ3) is 4.26. The summed E-state index contributed by atoms with van der Waals surface area (Å²) in [6.45, 7) is 5.66. The van der Waals surface area contributed by atoms with Gasteiger partial charge in [0.15, 0.2) is 0 Å². The molecule has 0 heterocycles. The van der Waals surface area contributed by atoms with Crippen LogP contribution in [0.5, 0.6) is 0 Å². The summed E-state index contributed by atoms with van der Waals surface area (Å²) >= 11 is 0. The summed E-state index contributed by atoms with van der Waals surface area (Å²) < 4.78 is 5.99. The predicted molar refractivity (Wildman–Crippen MR) is 70.2 cm³/mol. The molecule has 4 heteroatoms. The van der Waals surface area contributed by atoms with Crippen molar-refractivity contribution in [1.82, 2.24) is 5.32 Å². The van der Waals surface area contributed by atoms with Crippen LogP contribution >= 0.6 is 0 Å². The minimum atomic E-state index is -0.187. The van der Waals surface area contributed by atoms with E-state index in [-0.39, 0.29) is 24.2 Å². The number of carbonyl (C=O) groups excluding carboxylic acids is 2. The molecule has 0 spiro atoms. The van der Waals surface area contributed by atoms with Crippen LogP contribution in [-0.4, -0.2) is 30.4 Å². The molecule has 2 atom stereocenters. The van der Waals surface area contributed by atoms with Gasteiger partial charge in [-0.2, -0.15) is 0 Å². The average Bonchev–Trinajstić information content (AvgIpc) is 2.36. The van der Waals surface area contributed by atoms with Crippen LogP contribution < -0.4 is 5.32 Å². The van der Waals surface area contributed by atoms with Crippen molar-refractivity contribution < 1.29 is 14.3 Å². The van der Waals surface area contributed by atoms with Crippen molar-refractivity contribution in [3.05, 3.63) is 11.6 Å². The SMILES string of the molecule is CCC(CC)O[C@@H]1C=C(C=O)CC[C@H]1NC(C)=O. The van der Waals surface area contributed by atoms with E-state index in [1.165, 1.54) is 6.92 Å². The van der Waals surface area contributed by atoms with Crippen molar-refractivity contribution >= 4 is 12.2 Å². The first-order chi connectivity index (χ1) is 8.60. The van der Waals surface area contributed by atoms with E-state index in [1.54, 1.807) is 0 Å². The number of hydrogen-bond donors (Lipinski definition) is 1. The molecular weight excluding hydrogens is 230 g/mol. The topological polar surface area (TPSA) is 55.4 Å². The summed E-state index contributed by atoms with van der Waals surface area (Å²) in [6.07, 6.45) is 6.06. The number of ether oxygens (including phenoxy) is 1. The van der Waals surface area contributed by atoms with Crippen LogP contribution in [0.1, 0.15) is 46.5 Å². The molecule has 1 rings (SSSR count). The molecule has 0 aliphatic heterocycles. The van der Waals surface area contributed by atoms with Crippen molar-refractivity contribution in [2.45, 2.75) is 64.7 Å². The van der Waals surface area contributed by atoms with Crippen molar-refractivity contribution in [3.8, 4) is 0 Å². The van der Waals surface area contributed by atoms with Gasteiger partial charge in [-0.05, 0) is 37.3 Å². The molecule has 18 heavy (non-hydrogen) atoms. The maximum atomic E-state index is 11.2. The Labute approximate surface area is 109 Å². The highest BCUT2D eigenvalue weighted by molar-refractivity contribution is 5.75. The molecule has 1 aliphatic carbocycles. The van der Waals surface area contributed by atoms with Crippen molar-refractivity contribution in [1.29, 1.82) is 0 Å². The predicted octanol–water partition coefficient (Wildman–Crippen LogP) is 1.98. The Bertz CT molecular complexity index is 321. The summed E-state index contributed by atoms with van der Waals surface area (Å²) in [5, 5.41) is 2.91. The molecule has 0 fully saturated rings. The Morgan fingerprint density at radius 1 is 1.56 bits per heavy atom. The first kappa shape index (κ1) is 14.9. The van der Waals surface area contributed by atoms with E-state index in [1.807, 2.05) is 6.08 Å². The van der Waals surface area contributed by atoms with Crippen LogP contribution in [0.4, 0.5) is 0 Å². The fourth-order valence-electron chi connectivity index (χ4n) is 2.25. The van der Waals surface area contributed by atoms with Crippen LogP contribution in [0.3, 0.4) is 0 Å². The monoisotopic (exact) mass is 253 g/mol. The molecule has 1 N–H and O–H groups in total. The first-order valence-corrected chi connectivity index (χ1v) is 6.69. The van der Waals surface area contributed by atoms with Gasteiger partial charge in [-0.1, -0.05) is 13.8 Å². The number of nitrogens with one attached hydrogen (secondary N) is 1. The number of hydrogen-bond acceptors (Lipinski definition) is 3. The summed E-state index contributed by atoms with van der Waals surface area (Å²) in [6, 6.07) is -0.0215. The van der Waals surface area contributed by atoms with E-state index < -0.39 is 0 Å². The molecule has 0 saturated heterocycles. The normalized spacial score (nSPS) is 23.7. The van der Waals surface area contributed by atoms with Crippen LogP contribution in [0.25, 0.3) is 0 Å². The Balaban J connectivity index is 2.75. The zero-order valence-corrected chi connectivity index (χ0v) is 11.4. The van der Waals surface area contributed by atoms with Crippen LogP contribution in [0.15, 0.2) is 11.6 Å². The van der Waals surface area contributed by atoms with Gasteiger partial charge in [0.1, 0.15) is 6.29 Å². The highest BCUT2D eigenvalue weighted by atomic mass is 16.5. The number of carbonyl (C=O) groups is 2. The molecular formula is C14H23NO3. The number of allylic oxidation sites excluding steroid dienone is 1. The number of amides is 1. The quantitative estimate of drug-likeness (QED) is 0.736. The lowest BCUT2D eigenvalue weighted by Gasteiger charge is -2.32. The van der Waals surface area contributed by atoms with E-state index in [0.717, 1.165) is 31.1 Å². The van der Waals surface area contributed by atoms with E-state index in [9.17, 15) is 9.59 Å². The maximum Gasteiger partial charge on any atom is 0.217 e. The van der Waals surface area contributed by atoms with Gasteiger partial charge in [0.25, 0.3) is 0 Å². The third-order valence-corrected chi connectivity index (χ3v) is 3.32. The second kappa shape index (κ2) is 7.31. The lowest BCUT2D eigenvalue weighted by molar-refractivity contribution is -0.121. The largest absolute Gasteiger partial charge is 0.369 e. The van der Waals surface area contributed by atoms with Gasteiger partial charge in [0.2, 0.25) is 5.91 Å². The van der Waals surface area contributed by atoms with E-state index in [2.05, 4.69) is 19.2 Å². The van der Waals surface area contributed by atoms with E-state index in [4.69, 9.17) is 4.74 Å². The van der Waals surface area contributed by atoms with Gasteiger partial charge in [0.05, 0.1) is 18.2 Å². The molecule has 0 aromatic heterocycles.